The molecule has 1 aromatic heterocycles. The van der Waals surface area contributed by atoms with Gasteiger partial charge in [0.2, 0.25) is 0 Å². The predicted molar refractivity (Wildman–Crippen MR) is 111 cm³/mol. The van der Waals surface area contributed by atoms with Crippen molar-refractivity contribution in [3.63, 3.8) is 0 Å². The third kappa shape index (κ3) is 3.64. The van der Waals surface area contributed by atoms with Crippen molar-refractivity contribution in [1.82, 2.24) is 9.88 Å². The summed E-state index contributed by atoms with van der Waals surface area (Å²) in [6.07, 6.45) is 4.24. The van der Waals surface area contributed by atoms with Crippen molar-refractivity contribution in [2.24, 2.45) is 0 Å². The molecule has 1 aliphatic rings. The zero-order valence-electron chi connectivity index (χ0n) is 14.9. The summed E-state index contributed by atoms with van der Waals surface area (Å²) in [5, 5.41) is 1.17. The molecule has 5 heteroatoms. The van der Waals surface area contributed by atoms with Crippen LogP contribution in [0.4, 0.5) is 0 Å². The molecule has 3 nitrogen and oxygen atoms in total. The Morgan fingerprint density at radius 2 is 2.04 bits per heavy atom. The molecule has 1 fully saturated rings. The van der Waals surface area contributed by atoms with E-state index in [1.54, 1.807) is 23.1 Å². The number of rotatable bonds is 4. The summed E-state index contributed by atoms with van der Waals surface area (Å²) in [6, 6.07) is 16.3. The number of fused-ring (bicyclic) bond motifs is 1. The van der Waals surface area contributed by atoms with E-state index in [0.717, 1.165) is 42.8 Å². The molecular weight excluding hydrogens is 360 g/mol. The first-order chi connectivity index (χ1) is 12.7. The van der Waals surface area contributed by atoms with E-state index in [0.29, 0.717) is 5.92 Å². The van der Waals surface area contributed by atoms with Crippen molar-refractivity contribution in [2.45, 2.75) is 24.5 Å². The summed E-state index contributed by atoms with van der Waals surface area (Å²) in [4.78, 5) is 19.7. The highest BCUT2D eigenvalue weighted by molar-refractivity contribution is 7.97. The fraction of sp³-hybridized carbons (Fsp3) is 0.333. The van der Waals surface area contributed by atoms with Gasteiger partial charge in [0.1, 0.15) is 0 Å². The highest BCUT2D eigenvalue weighted by Gasteiger charge is 2.27. The maximum atomic E-state index is 12.9. The maximum absolute atomic E-state index is 12.9. The Morgan fingerprint density at radius 3 is 2.81 bits per heavy atom. The molecule has 0 spiro atoms. The van der Waals surface area contributed by atoms with E-state index in [4.69, 9.17) is 4.98 Å². The molecule has 0 radical (unpaired) electrons. The van der Waals surface area contributed by atoms with Crippen LogP contribution in [0.15, 0.2) is 48.5 Å². The summed E-state index contributed by atoms with van der Waals surface area (Å²) >= 11 is 3.56. The number of piperidine rings is 1. The molecule has 1 amide bonds. The second kappa shape index (κ2) is 7.80. The van der Waals surface area contributed by atoms with Crippen molar-refractivity contribution in [2.75, 3.05) is 19.3 Å². The van der Waals surface area contributed by atoms with Crippen LogP contribution < -0.4 is 0 Å². The summed E-state index contributed by atoms with van der Waals surface area (Å²) < 4.78 is 1.23. The van der Waals surface area contributed by atoms with Gasteiger partial charge < -0.3 is 4.90 Å². The van der Waals surface area contributed by atoms with Crippen molar-refractivity contribution in [3.05, 3.63) is 64.7 Å². The van der Waals surface area contributed by atoms with Crippen LogP contribution in [0.2, 0.25) is 0 Å². The SMILES string of the molecule is CSCc1ccc(C(=O)N2CCCC(c3nc4ccccc4s3)C2)cc1. The summed E-state index contributed by atoms with van der Waals surface area (Å²) in [6.45, 7) is 1.61. The first-order valence-electron chi connectivity index (χ1n) is 8.97. The molecule has 0 N–H and O–H groups in total. The fourth-order valence-corrected chi connectivity index (χ4v) is 5.14. The van der Waals surface area contributed by atoms with Crippen molar-refractivity contribution < 1.29 is 4.79 Å². The lowest BCUT2D eigenvalue weighted by atomic mass is 9.98. The van der Waals surface area contributed by atoms with Crippen LogP contribution in [0.5, 0.6) is 0 Å². The maximum Gasteiger partial charge on any atom is 0.253 e. The minimum Gasteiger partial charge on any atom is -0.338 e. The summed E-state index contributed by atoms with van der Waals surface area (Å²) in [7, 11) is 0. The monoisotopic (exact) mass is 382 g/mol. The molecule has 1 aliphatic heterocycles. The Balaban J connectivity index is 1.49. The molecular formula is C21H22N2OS2. The predicted octanol–water partition coefficient (Wildman–Crippen LogP) is 5.18. The van der Waals surface area contributed by atoms with Gasteiger partial charge in [0.25, 0.3) is 5.91 Å². The summed E-state index contributed by atoms with van der Waals surface area (Å²) in [5.74, 6) is 1.48. The van der Waals surface area contributed by atoms with Crippen molar-refractivity contribution in [1.29, 1.82) is 0 Å². The number of benzene rings is 2. The van der Waals surface area contributed by atoms with Crippen LogP contribution in [0.25, 0.3) is 10.2 Å². The van der Waals surface area contributed by atoms with Gasteiger partial charge in [0, 0.05) is 30.3 Å². The number of thiazole rings is 1. The van der Waals surface area contributed by atoms with Gasteiger partial charge >= 0.3 is 0 Å². The lowest BCUT2D eigenvalue weighted by Crippen LogP contribution is -2.39. The second-order valence-corrected chi connectivity index (χ2v) is 8.67. The van der Waals surface area contributed by atoms with E-state index >= 15 is 0 Å². The number of carbonyl (C=O) groups is 1. The molecule has 0 bridgehead atoms. The number of aromatic nitrogens is 1. The lowest BCUT2D eigenvalue weighted by molar-refractivity contribution is 0.0707. The van der Waals surface area contributed by atoms with Crippen LogP contribution in [0, 0.1) is 0 Å². The molecule has 0 saturated carbocycles. The molecule has 4 rings (SSSR count). The molecule has 26 heavy (non-hydrogen) atoms. The molecule has 0 aliphatic carbocycles. The molecule has 1 atom stereocenters. The van der Waals surface area contributed by atoms with Gasteiger partial charge in [-0.1, -0.05) is 24.3 Å². The average Bonchev–Trinajstić information content (AvgIpc) is 3.13. The van der Waals surface area contributed by atoms with Crippen LogP contribution in [0.3, 0.4) is 0 Å². The number of para-hydroxylation sites is 1. The number of carbonyl (C=O) groups excluding carboxylic acids is 1. The average molecular weight is 383 g/mol. The first kappa shape index (κ1) is 17.6. The molecule has 3 aromatic rings. The Hall–Kier alpha value is -1.85. The lowest BCUT2D eigenvalue weighted by Gasteiger charge is -2.32. The van der Waals surface area contributed by atoms with E-state index in [-0.39, 0.29) is 5.91 Å². The van der Waals surface area contributed by atoms with Gasteiger partial charge in [0.15, 0.2) is 0 Å². The Bertz CT molecular complexity index is 871. The minimum atomic E-state index is 0.145. The fourth-order valence-electron chi connectivity index (χ4n) is 3.52. The number of nitrogens with zero attached hydrogens (tertiary/aromatic N) is 2. The zero-order chi connectivity index (χ0) is 17.9. The van der Waals surface area contributed by atoms with Gasteiger partial charge in [-0.15, -0.1) is 11.3 Å². The smallest absolute Gasteiger partial charge is 0.253 e. The third-order valence-corrected chi connectivity index (χ3v) is 6.70. The van der Waals surface area contributed by atoms with Gasteiger partial charge in [0.05, 0.1) is 15.2 Å². The molecule has 1 unspecified atom stereocenters. The Morgan fingerprint density at radius 1 is 1.23 bits per heavy atom. The highest BCUT2D eigenvalue weighted by atomic mass is 32.2. The number of amides is 1. The van der Waals surface area contributed by atoms with E-state index in [1.165, 1.54) is 15.3 Å². The minimum absolute atomic E-state index is 0.145. The highest BCUT2D eigenvalue weighted by Crippen LogP contribution is 2.33. The summed E-state index contributed by atoms with van der Waals surface area (Å²) in [5.41, 5.74) is 3.13. The molecule has 2 heterocycles. The standard InChI is InChI=1S/C21H22N2OS2/c1-25-14-15-8-10-16(11-9-15)21(24)23-12-4-5-17(13-23)20-22-18-6-2-3-7-19(18)26-20/h2-3,6-11,17H,4-5,12-14H2,1H3. The zero-order valence-corrected chi connectivity index (χ0v) is 16.5. The van der Waals surface area contributed by atoms with Crippen molar-refractivity contribution in [3.8, 4) is 0 Å². The number of hydrogen-bond acceptors (Lipinski definition) is 4. The molecule has 1 saturated heterocycles. The van der Waals surface area contributed by atoms with Crippen LogP contribution in [-0.2, 0) is 5.75 Å². The Labute approximate surface area is 162 Å². The van der Waals surface area contributed by atoms with Crippen LogP contribution in [-0.4, -0.2) is 35.1 Å². The van der Waals surface area contributed by atoms with E-state index in [1.807, 2.05) is 23.1 Å². The van der Waals surface area contributed by atoms with Gasteiger partial charge in [-0.05, 0) is 48.9 Å². The molecule has 134 valence electrons. The number of likely N-dealkylation sites (tertiary alicyclic amines) is 1. The van der Waals surface area contributed by atoms with Gasteiger partial charge in [-0.3, -0.25) is 4.79 Å². The van der Waals surface area contributed by atoms with Crippen molar-refractivity contribution >= 4 is 39.2 Å². The largest absolute Gasteiger partial charge is 0.338 e. The third-order valence-electron chi connectivity index (χ3n) is 4.88. The topological polar surface area (TPSA) is 33.2 Å². The first-order valence-corrected chi connectivity index (χ1v) is 11.2. The van der Waals surface area contributed by atoms with E-state index < -0.39 is 0 Å². The number of thioether (sulfide) groups is 1. The van der Waals surface area contributed by atoms with Gasteiger partial charge in [-0.25, -0.2) is 4.98 Å². The van der Waals surface area contributed by atoms with Crippen LogP contribution in [0.1, 0.15) is 39.7 Å². The molecule has 2 aromatic carbocycles. The Kier molecular flexibility index (Phi) is 5.27. The quantitative estimate of drug-likeness (QED) is 0.623. The van der Waals surface area contributed by atoms with Gasteiger partial charge in [-0.2, -0.15) is 11.8 Å². The van der Waals surface area contributed by atoms with E-state index in [2.05, 4.69) is 36.6 Å². The normalized spacial score (nSPS) is 17.6. The number of hydrogen-bond donors (Lipinski definition) is 0. The van der Waals surface area contributed by atoms with Crippen LogP contribution >= 0.6 is 23.1 Å². The van der Waals surface area contributed by atoms with E-state index in [9.17, 15) is 4.79 Å². The second-order valence-electron chi connectivity index (χ2n) is 6.74.